The van der Waals surface area contributed by atoms with E-state index in [2.05, 4.69) is 59.4 Å². The second-order valence-corrected chi connectivity index (χ2v) is 9.31. The van der Waals surface area contributed by atoms with Crippen molar-refractivity contribution in [2.45, 2.75) is 47.0 Å². The van der Waals surface area contributed by atoms with Crippen LogP contribution in [-0.4, -0.2) is 27.0 Å². The third kappa shape index (κ3) is 4.57. The van der Waals surface area contributed by atoms with Gasteiger partial charge in [0.2, 0.25) is 0 Å². The van der Waals surface area contributed by atoms with Crippen LogP contribution >= 0.6 is 15.9 Å². The molecule has 0 bridgehead atoms. The van der Waals surface area contributed by atoms with Gasteiger partial charge in [-0.3, -0.25) is 4.79 Å². The lowest BCUT2D eigenvalue weighted by molar-refractivity contribution is 0.340. The number of aromatic nitrogens is 3. The van der Waals surface area contributed by atoms with Gasteiger partial charge in [0.05, 0.1) is 23.7 Å². The third-order valence-electron chi connectivity index (χ3n) is 6.08. The predicted molar refractivity (Wildman–Crippen MR) is 142 cm³/mol. The Labute approximate surface area is 208 Å². The lowest BCUT2D eigenvalue weighted by Gasteiger charge is -2.14. The van der Waals surface area contributed by atoms with Crippen LogP contribution in [0.1, 0.15) is 55.9 Å². The molecule has 0 spiro atoms. The molecule has 2 heterocycles. The lowest BCUT2D eigenvalue weighted by Crippen LogP contribution is -2.23. The van der Waals surface area contributed by atoms with Crippen molar-refractivity contribution in [3.8, 4) is 11.4 Å². The summed E-state index contributed by atoms with van der Waals surface area (Å²) in [4.78, 5) is 18.2. The standard InChI is InChI=1S/C27H29BrN4O2/c1-6-17(3)26-30-25-13-8-21(28)15-24(25)27(33)32(26)29-16-20-14-18(4)31(19(20)5)22-9-11-23(12-10-22)34-7-2/h8-17H,6-7H2,1-5H3/t17-/m0/s1. The van der Waals surface area contributed by atoms with Crippen LogP contribution in [0.5, 0.6) is 5.75 Å². The predicted octanol–water partition coefficient (Wildman–Crippen LogP) is 6.36. The van der Waals surface area contributed by atoms with Gasteiger partial charge in [0.15, 0.2) is 0 Å². The van der Waals surface area contributed by atoms with E-state index in [1.165, 1.54) is 4.68 Å². The molecule has 0 saturated carbocycles. The molecule has 0 fully saturated rings. The molecule has 0 aliphatic carbocycles. The van der Waals surface area contributed by atoms with E-state index in [0.717, 1.165) is 39.3 Å². The van der Waals surface area contributed by atoms with Gasteiger partial charge in [-0.25, -0.2) is 4.98 Å². The maximum absolute atomic E-state index is 13.4. The van der Waals surface area contributed by atoms with E-state index in [4.69, 9.17) is 9.72 Å². The molecule has 4 rings (SSSR count). The molecule has 4 aromatic rings. The zero-order chi connectivity index (χ0) is 24.4. The van der Waals surface area contributed by atoms with Crippen LogP contribution in [0.4, 0.5) is 0 Å². The Bertz CT molecular complexity index is 1420. The maximum Gasteiger partial charge on any atom is 0.282 e. The molecule has 6 nitrogen and oxygen atoms in total. The Kier molecular flexibility index (Phi) is 7.03. The highest BCUT2D eigenvalue weighted by molar-refractivity contribution is 9.10. The fourth-order valence-corrected chi connectivity index (χ4v) is 4.43. The van der Waals surface area contributed by atoms with Gasteiger partial charge in [0.1, 0.15) is 11.6 Å². The average molecular weight is 521 g/mol. The van der Waals surface area contributed by atoms with Crippen LogP contribution < -0.4 is 10.3 Å². The highest BCUT2D eigenvalue weighted by atomic mass is 79.9. The molecule has 0 N–H and O–H groups in total. The summed E-state index contributed by atoms with van der Waals surface area (Å²) in [7, 11) is 0. The largest absolute Gasteiger partial charge is 0.494 e. The highest BCUT2D eigenvalue weighted by Crippen LogP contribution is 2.23. The summed E-state index contributed by atoms with van der Waals surface area (Å²) < 4.78 is 10.0. The van der Waals surface area contributed by atoms with Gasteiger partial charge >= 0.3 is 0 Å². The van der Waals surface area contributed by atoms with Crippen LogP contribution in [0.2, 0.25) is 0 Å². The summed E-state index contributed by atoms with van der Waals surface area (Å²) >= 11 is 3.46. The normalized spacial score (nSPS) is 12.5. The molecule has 0 unspecified atom stereocenters. The van der Waals surface area contributed by atoms with Crippen molar-refractivity contribution in [2.75, 3.05) is 6.61 Å². The van der Waals surface area contributed by atoms with Gasteiger partial charge < -0.3 is 9.30 Å². The summed E-state index contributed by atoms with van der Waals surface area (Å²) in [5.41, 5.74) is 4.63. The Hall–Kier alpha value is -3.19. The summed E-state index contributed by atoms with van der Waals surface area (Å²) in [6, 6.07) is 15.7. The van der Waals surface area contributed by atoms with E-state index >= 15 is 0 Å². The molecule has 0 amide bonds. The minimum absolute atomic E-state index is 0.0918. The first-order valence-corrected chi connectivity index (χ1v) is 12.3. The number of hydrogen-bond acceptors (Lipinski definition) is 4. The minimum atomic E-state index is -0.168. The molecule has 0 radical (unpaired) electrons. The van der Waals surface area contributed by atoms with Crippen LogP contribution in [0, 0.1) is 13.8 Å². The Morgan fingerprint density at radius 3 is 2.53 bits per heavy atom. The first-order valence-electron chi connectivity index (χ1n) is 11.5. The van der Waals surface area contributed by atoms with Gasteiger partial charge in [0, 0.05) is 33.0 Å². The van der Waals surface area contributed by atoms with Gasteiger partial charge in [-0.15, -0.1) is 0 Å². The number of ether oxygens (including phenoxy) is 1. The number of hydrogen-bond donors (Lipinski definition) is 0. The Morgan fingerprint density at radius 2 is 1.85 bits per heavy atom. The number of nitrogens with zero attached hydrogens (tertiary/aromatic N) is 4. The molecule has 2 aromatic heterocycles. The van der Waals surface area contributed by atoms with Gasteiger partial charge in [0.25, 0.3) is 5.56 Å². The van der Waals surface area contributed by atoms with E-state index in [0.29, 0.717) is 23.3 Å². The number of aryl methyl sites for hydroxylation is 1. The number of fused-ring (bicyclic) bond motifs is 1. The minimum Gasteiger partial charge on any atom is -0.494 e. The highest BCUT2D eigenvalue weighted by Gasteiger charge is 2.16. The fraction of sp³-hybridized carbons (Fsp3) is 0.296. The van der Waals surface area contributed by atoms with Crippen LogP contribution in [0.15, 0.2) is 62.9 Å². The molecule has 0 aliphatic rings. The molecule has 34 heavy (non-hydrogen) atoms. The first kappa shape index (κ1) is 24.0. The van der Waals surface area contributed by atoms with Crippen molar-refractivity contribution in [3.05, 3.63) is 86.1 Å². The van der Waals surface area contributed by atoms with Gasteiger partial charge in [-0.1, -0.05) is 29.8 Å². The molecule has 1 atom stereocenters. The monoisotopic (exact) mass is 520 g/mol. The molecular weight excluding hydrogens is 492 g/mol. The zero-order valence-electron chi connectivity index (χ0n) is 20.2. The van der Waals surface area contributed by atoms with E-state index in [9.17, 15) is 4.79 Å². The van der Waals surface area contributed by atoms with Crippen molar-refractivity contribution >= 4 is 33.0 Å². The van der Waals surface area contributed by atoms with Crippen molar-refractivity contribution in [1.29, 1.82) is 0 Å². The first-order chi connectivity index (χ1) is 16.3. The number of benzene rings is 2. The molecule has 176 valence electrons. The van der Waals surface area contributed by atoms with Crippen molar-refractivity contribution in [2.24, 2.45) is 5.10 Å². The average Bonchev–Trinajstić information content (AvgIpc) is 3.11. The molecule has 0 saturated heterocycles. The van der Waals surface area contributed by atoms with Crippen LogP contribution in [-0.2, 0) is 0 Å². The number of rotatable bonds is 7. The SMILES string of the molecule is CCOc1ccc(-n2c(C)cc(C=Nn3c([C@@H](C)CC)nc4ccc(Br)cc4c3=O)c2C)cc1. The quantitative estimate of drug-likeness (QED) is 0.266. The topological polar surface area (TPSA) is 61.4 Å². The Morgan fingerprint density at radius 1 is 1.12 bits per heavy atom. The molecule has 2 aromatic carbocycles. The van der Waals surface area contributed by atoms with Crippen molar-refractivity contribution < 1.29 is 4.74 Å². The van der Waals surface area contributed by atoms with Crippen LogP contribution in [0.3, 0.4) is 0 Å². The molecule has 7 heteroatoms. The maximum atomic E-state index is 13.4. The van der Waals surface area contributed by atoms with E-state index in [1.807, 2.05) is 43.3 Å². The van der Waals surface area contributed by atoms with Gasteiger partial charge in [-0.05, 0) is 75.7 Å². The van der Waals surface area contributed by atoms with E-state index in [-0.39, 0.29) is 11.5 Å². The molecule has 0 aliphatic heterocycles. The van der Waals surface area contributed by atoms with E-state index in [1.54, 1.807) is 12.3 Å². The smallest absolute Gasteiger partial charge is 0.282 e. The zero-order valence-corrected chi connectivity index (χ0v) is 21.8. The summed E-state index contributed by atoms with van der Waals surface area (Å²) in [5.74, 6) is 1.61. The Balaban J connectivity index is 1.78. The van der Waals surface area contributed by atoms with Crippen molar-refractivity contribution in [1.82, 2.24) is 14.2 Å². The summed E-state index contributed by atoms with van der Waals surface area (Å²) in [5, 5.41) is 5.18. The van der Waals surface area contributed by atoms with Crippen LogP contribution in [0.25, 0.3) is 16.6 Å². The fourth-order valence-electron chi connectivity index (χ4n) is 4.07. The summed E-state index contributed by atoms with van der Waals surface area (Å²) in [6.07, 6.45) is 2.61. The lowest BCUT2D eigenvalue weighted by atomic mass is 10.1. The second kappa shape index (κ2) is 9.97. The van der Waals surface area contributed by atoms with Crippen molar-refractivity contribution in [3.63, 3.8) is 0 Å². The third-order valence-corrected chi connectivity index (χ3v) is 6.57. The van der Waals surface area contributed by atoms with E-state index < -0.39 is 0 Å². The van der Waals surface area contributed by atoms with Gasteiger partial charge in [-0.2, -0.15) is 9.78 Å². The molecular formula is C27H29BrN4O2. The second-order valence-electron chi connectivity index (χ2n) is 8.39. The summed E-state index contributed by atoms with van der Waals surface area (Å²) in [6.45, 7) is 10.9. The number of halogens is 1.